The molecule has 1 aromatic heterocycles. The average molecular weight is 300 g/mol. The molecular formula is C17H14ClNO2. The van der Waals surface area contributed by atoms with Crippen LogP contribution in [0.25, 0.3) is 10.9 Å². The molecule has 0 aliphatic heterocycles. The molecule has 0 bridgehead atoms. The number of aliphatic hydroxyl groups excluding tert-OH is 1. The summed E-state index contributed by atoms with van der Waals surface area (Å²) in [5.74, 6) is 0.530. The van der Waals surface area contributed by atoms with E-state index in [4.69, 9.17) is 16.3 Å². The lowest BCUT2D eigenvalue weighted by Gasteiger charge is -2.13. The smallest absolute Gasteiger partial charge is 0.143 e. The van der Waals surface area contributed by atoms with Crippen LogP contribution in [0.3, 0.4) is 0 Å². The zero-order chi connectivity index (χ0) is 14.7. The van der Waals surface area contributed by atoms with E-state index in [1.807, 2.05) is 30.3 Å². The highest BCUT2D eigenvalue weighted by Gasteiger charge is 2.09. The SMILES string of the molecule is OCc1cccc(Cl)c1OCc1ccnc2ccccc12. The van der Waals surface area contributed by atoms with E-state index >= 15 is 0 Å². The van der Waals surface area contributed by atoms with E-state index in [2.05, 4.69) is 4.98 Å². The second-order valence-electron chi connectivity index (χ2n) is 4.66. The molecule has 3 aromatic rings. The van der Waals surface area contributed by atoms with Crippen LogP contribution >= 0.6 is 11.6 Å². The Morgan fingerprint density at radius 1 is 1.00 bits per heavy atom. The summed E-state index contributed by atoms with van der Waals surface area (Å²) in [6, 6.07) is 15.2. The van der Waals surface area contributed by atoms with Crippen molar-refractivity contribution >= 4 is 22.5 Å². The Kier molecular flexibility index (Phi) is 4.04. The van der Waals surface area contributed by atoms with Crippen LogP contribution in [-0.2, 0) is 13.2 Å². The van der Waals surface area contributed by atoms with Crippen molar-refractivity contribution in [2.75, 3.05) is 0 Å². The van der Waals surface area contributed by atoms with Gasteiger partial charge in [-0.3, -0.25) is 4.98 Å². The van der Waals surface area contributed by atoms with Crippen molar-refractivity contribution in [3.8, 4) is 5.75 Å². The van der Waals surface area contributed by atoms with Crippen molar-refractivity contribution in [3.63, 3.8) is 0 Å². The fraction of sp³-hybridized carbons (Fsp3) is 0.118. The molecule has 21 heavy (non-hydrogen) atoms. The summed E-state index contributed by atoms with van der Waals surface area (Å²) in [5, 5.41) is 10.9. The Morgan fingerprint density at radius 2 is 1.86 bits per heavy atom. The average Bonchev–Trinajstić information content (AvgIpc) is 2.53. The lowest BCUT2D eigenvalue weighted by atomic mass is 10.1. The van der Waals surface area contributed by atoms with Gasteiger partial charge < -0.3 is 9.84 Å². The van der Waals surface area contributed by atoms with Crippen LogP contribution in [0, 0.1) is 0 Å². The Hall–Kier alpha value is -2.10. The van der Waals surface area contributed by atoms with Crippen molar-refractivity contribution in [1.82, 2.24) is 4.98 Å². The van der Waals surface area contributed by atoms with Gasteiger partial charge >= 0.3 is 0 Å². The minimum absolute atomic E-state index is 0.104. The van der Waals surface area contributed by atoms with Crippen LogP contribution < -0.4 is 4.74 Å². The first-order valence-corrected chi connectivity index (χ1v) is 7.01. The van der Waals surface area contributed by atoms with E-state index in [-0.39, 0.29) is 6.61 Å². The molecule has 1 N–H and O–H groups in total. The molecule has 0 aliphatic rings. The topological polar surface area (TPSA) is 42.4 Å². The first-order valence-electron chi connectivity index (χ1n) is 6.63. The number of rotatable bonds is 4. The summed E-state index contributed by atoms with van der Waals surface area (Å²) in [6.45, 7) is 0.271. The monoisotopic (exact) mass is 299 g/mol. The van der Waals surface area contributed by atoms with Crippen molar-refractivity contribution in [2.24, 2.45) is 0 Å². The molecule has 3 rings (SSSR count). The molecule has 2 aromatic carbocycles. The Labute approximate surface area is 127 Å². The summed E-state index contributed by atoms with van der Waals surface area (Å²) in [6.07, 6.45) is 1.76. The van der Waals surface area contributed by atoms with Crippen molar-refractivity contribution < 1.29 is 9.84 Å². The number of nitrogens with zero attached hydrogens (tertiary/aromatic N) is 1. The summed E-state index contributed by atoms with van der Waals surface area (Å²) < 4.78 is 5.83. The quantitative estimate of drug-likeness (QED) is 0.793. The number of fused-ring (bicyclic) bond motifs is 1. The van der Waals surface area contributed by atoms with Gasteiger partial charge in [-0.25, -0.2) is 0 Å². The van der Waals surface area contributed by atoms with E-state index in [0.717, 1.165) is 16.5 Å². The van der Waals surface area contributed by atoms with Gasteiger partial charge in [0.1, 0.15) is 12.4 Å². The number of aromatic nitrogens is 1. The highest BCUT2D eigenvalue weighted by atomic mass is 35.5. The molecule has 0 atom stereocenters. The maximum absolute atomic E-state index is 9.36. The van der Waals surface area contributed by atoms with Gasteiger partial charge in [0.25, 0.3) is 0 Å². The molecule has 0 saturated carbocycles. The van der Waals surface area contributed by atoms with Gasteiger partial charge in [-0.1, -0.05) is 41.9 Å². The first-order chi connectivity index (χ1) is 10.3. The standard InChI is InChI=1S/C17H14ClNO2/c18-15-6-3-4-12(10-20)17(15)21-11-13-8-9-19-16-7-2-1-5-14(13)16/h1-9,20H,10-11H2. The molecule has 0 amide bonds. The molecule has 0 spiro atoms. The maximum Gasteiger partial charge on any atom is 0.143 e. The zero-order valence-corrected chi connectivity index (χ0v) is 12.0. The summed E-state index contributed by atoms with van der Waals surface area (Å²) in [5.41, 5.74) is 2.64. The second kappa shape index (κ2) is 6.12. The van der Waals surface area contributed by atoms with Gasteiger partial charge in [0.2, 0.25) is 0 Å². The molecule has 1 heterocycles. The fourth-order valence-corrected chi connectivity index (χ4v) is 2.52. The van der Waals surface area contributed by atoms with E-state index < -0.39 is 0 Å². The largest absolute Gasteiger partial charge is 0.487 e. The summed E-state index contributed by atoms with van der Waals surface area (Å²) in [7, 11) is 0. The minimum Gasteiger partial charge on any atom is -0.487 e. The number of hydrogen-bond donors (Lipinski definition) is 1. The van der Waals surface area contributed by atoms with E-state index in [9.17, 15) is 5.11 Å². The maximum atomic E-state index is 9.36. The molecule has 0 saturated heterocycles. The Bertz CT molecular complexity index is 768. The fourth-order valence-electron chi connectivity index (χ4n) is 2.27. The number of pyridine rings is 1. The third-order valence-electron chi connectivity index (χ3n) is 3.33. The van der Waals surface area contributed by atoms with E-state index in [0.29, 0.717) is 22.9 Å². The molecule has 0 aliphatic carbocycles. The Morgan fingerprint density at radius 3 is 2.71 bits per heavy atom. The predicted octanol–water partition coefficient (Wildman–Crippen LogP) is 3.96. The summed E-state index contributed by atoms with van der Waals surface area (Å²) in [4.78, 5) is 4.33. The van der Waals surface area contributed by atoms with Crippen molar-refractivity contribution in [2.45, 2.75) is 13.2 Å². The second-order valence-corrected chi connectivity index (χ2v) is 5.07. The molecule has 0 fully saturated rings. The third-order valence-corrected chi connectivity index (χ3v) is 3.63. The number of hydrogen-bond acceptors (Lipinski definition) is 3. The van der Waals surface area contributed by atoms with Crippen LogP contribution in [-0.4, -0.2) is 10.1 Å². The lowest BCUT2D eigenvalue weighted by Crippen LogP contribution is -2.00. The molecule has 106 valence electrons. The summed E-state index contributed by atoms with van der Waals surface area (Å²) >= 11 is 6.14. The van der Waals surface area contributed by atoms with Crippen molar-refractivity contribution in [1.29, 1.82) is 0 Å². The molecule has 3 nitrogen and oxygen atoms in total. The van der Waals surface area contributed by atoms with Crippen LogP contribution in [0.15, 0.2) is 54.7 Å². The van der Waals surface area contributed by atoms with Crippen molar-refractivity contribution in [3.05, 3.63) is 70.9 Å². The lowest BCUT2D eigenvalue weighted by molar-refractivity contribution is 0.259. The highest BCUT2D eigenvalue weighted by Crippen LogP contribution is 2.30. The number of para-hydroxylation sites is 2. The van der Waals surface area contributed by atoms with Gasteiger partial charge in [-0.2, -0.15) is 0 Å². The van der Waals surface area contributed by atoms with Gasteiger partial charge in [-0.15, -0.1) is 0 Å². The molecule has 0 unspecified atom stereocenters. The van der Waals surface area contributed by atoms with Gasteiger partial charge in [0.05, 0.1) is 17.1 Å². The number of ether oxygens (including phenoxy) is 1. The normalized spacial score (nSPS) is 10.8. The molecule has 4 heteroatoms. The van der Waals surface area contributed by atoms with Crippen LogP contribution in [0.5, 0.6) is 5.75 Å². The van der Waals surface area contributed by atoms with E-state index in [1.54, 1.807) is 24.4 Å². The Balaban J connectivity index is 1.91. The molecule has 0 radical (unpaired) electrons. The predicted molar refractivity (Wildman–Crippen MR) is 83.4 cm³/mol. The van der Waals surface area contributed by atoms with Crippen LogP contribution in [0.4, 0.5) is 0 Å². The van der Waals surface area contributed by atoms with Crippen LogP contribution in [0.2, 0.25) is 5.02 Å². The van der Waals surface area contributed by atoms with Gasteiger partial charge in [0.15, 0.2) is 0 Å². The minimum atomic E-state index is -0.104. The number of benzene rings is 2. The number of aliphatic hydroxyl groups is 1. The van der Waals surface area contributed by atoms with Gasteiger partial charge in [0, 0.05) is 22.7 Å². The first kappa shape index (κ1) is 13.9. The van der Waals surface area contributed by atoms with Crippen LogP contribution in [0.1, 0.15) is 11.1 Å². The molecular weight excluding hydrogens is 286 g/mol. The highest BCUT2D eigenvalue weighted by molar-refractivity contribution is 6.32. The third kappa shape index (κ3) is 2.84. The zero-order valence-electron chi connectivity index (χ0n) is 11.3. The number of halogens is 1. The van der Waals surface area contributed by atoms with E-state index in [1.165, 1.54) is 0 Å². The van der Waals surface area contributed by atoms with Gasteiger partial charge in [-0.05, 0) is 18.2 Å².